The van der Waals surface area contributed by atoms with E-state index in [-0.39, 0.29) is 6.04 Å². The second-order valence-electron chi connectivity index (χ2n) is 8.59. The Bertz CT molecular complexity index is 1110. The lowest BCUT2D eigenvalue weighted by Gasteiger charge is -2.38. The fourth-order valence-electron chi connectivity index (χ4n) is 4.55. The summed E-state index contributed by atoms with van der Waals surface area (Å²) in [6.45, 7) is 5.17. The Morgan fingerprint density at radius 3 is 1.91 bits per heavy atom. The first-order valence-electron chi connectivity index (χ1n) is 11.4. The molecule has 162 valence electrons. The van der Waals surface area contributed by atoms with Gasteiger partial charge in [-0.15, -0.1) is 0 Å². The summed E-state index contributed by atoms with van der Waals surface area (Å²) in [6, 6.07) is 34.5. The van der Waals surface area contributed by atoms with Gasteiger partial charge in [0.25, 0.3) is 0 Å². The van der Waals surface area contributed by atoms with E-state index in [2.05, 4.69) is 119 Å². The second kappa shape index (κ2) is 9.51. The number of hydrogen-bond donors (Lipinski definition) is 0. The molecular formula is C28H30N4. The minimum absolute atomic E-state index is 0.288. The summed E-state index contributed by atoms with van der Waals surface area (Å²) in [6.07, 6.45) is 0. The van der Waals surface area contributed by atoms with Crippen LogP contribution in [0, 0.1) is 0 Å². The van der Waals surface area contributed by atoms with E-state index in [0.29, 0.717) is 0 Å². The first-order chi connectivity index (χ1) is 15.8. The average Bonchev–Trinajstić information content (AvgIpc) is 3.29. The third-order valence-electron chi connectivity index (χ3n) is 6.43. The van der Waals surface area contributed by atoms with E-state index in [1.165, 1.54) is 16.8 Å². The molecule has 0 aliphatic carbocycles. The van der Waals surface area contributed by atoms with Gasteiger partial charge in [0, 0.05) is 31.7 Å². The van der Waals surface area contributed by atoms with Gasteiger partial charge >= 0.3 is 0 Å². The largest absolute Gasteiger partial charge is 0.304 e. The Morgan fingerprint density at radius 1 is 0.719 bits per heavy atom. The molecule has 1 fully saturated rings. The molecule has 0 bridgehead atoms. The zero-order valence-electron chi connectivity index (χ0n) is 18.6. The van der Waals surface area contributed by atoms with Crippen molar-refractivity contribution in [3.8, 4) is 22.5 Å². The predicted molar refractivity (Wildman–Crippen MR) is 131 cm³/mol. The number of benzene rings is 3. The van der Waals surface area contributed by atoms with Crippen LogP contribution in [0.4, 0.5) is 0 Å². The number of likely N-dealkylation sites (N-methyl/N-ethyl adjacent to an activating group) is 1. The van der Waals surface area contributed by atoms with Crippen molar-refractivity contribution in [2.45, 2.75) is 12.6 Å². The first kappa shape index (κ1) is 20.7. The van der Waals surface area contributed by atoms with Crippen molar-refractivity contribution in [2.75, 3.05) is 33.2 Å². The van der Waals surface area contributed by atoms with E-state index in [0.717, 1.165) is 44.0 Å². The van der Waals surface area contributed by atoms with Crippen LogP contribution in [0.3, 0.4) is 0 Å². The quantitative estimate of drug-likeness (QED) is 0.427. The highest BCUT2D eigenvalue weighted by Gasteiger charge is 2.26. The molecule has 0 N–H and O–H groups in total. The van der Waals surface area contributed by atoms with Crippen molar-refractivity contribution >= 4 is 0 Å². The number of nitrogens with zero attached hydrogens (tertiary/aromatic N) is 4. The molecular weight excluding hydrogens is 392 g/mol. The summed E-state index contributed by atoms with van der Waals surface area (Å²) in [7, 11) is 2.21. The molecule has 2 heterocycles. The molecule has 1 aliphatic heterocycles. The molecule has 32 heavy (non-hydrogen) atoms. The number of hydrogen-bond acceptors (Lipinski definition) is 3. The number of piperazine rings is 1. The molecule has 4 aromatic rings. The van der Waals surface area contributed by atoms with Crippen LogP contribution in [0.15, 0.2) is 97.1 Å². The Kier molecular flexibility index (Phi) is 6.15. The number of aromatic nitrogens is 2. The molecule has 1 atom stereocenters. The highest BCUT2D eigenvalue weighted by Crippen LogP contribution is 2.30. The van der Waals surface area contributed by atoms with Crippen LogP contribution in [0.25, 0.3) is 22.5 Å². The van der Waals surface area contributed by atoms with Crippen molar-refractivity contribution in [1.82, 2.24) is 19.6 Å². The topological polar surface area (TPSA) is 24.3 Å². The highest BCUT2D eigenvalue weighted by atomic mass is 15.3. The standard InChI is InChI=1S/C28H30N4/c1-30-17-19-31(20-18-30)28(25-15-9-4-10-16-25)22-32-27(24-13-7-3-8-14-24)21-26(29-32)23-11-5-2-6-12-23/h2-16,21,28H,17-20,22H2,1H3. The van der Waals surface area contributed by atoms with Crippen LogP contribution in [0.2, 0.25) is 0 Å². The van der Waals surface area contributed by atoms with Gasteiger partial charge in [0.1, 0.15) is 0 Å². The van der Waals surface area contributed by atoms with Crippen molar-refractivity contribution in [3.05, 3.63) is 103 Å². The maximum absolute atomic E-state index is 5.11. The van der Waals surface area contributed by atoms with Crippen LogP contribution < -0.4 is 0 Å². The van der Waals surface area contributed by atoms with Gasteiger partial charge in [0.05, 0.1) is 24.0 Å². The smallest absolute Gasteiger partial charge is 0.0929 e. The Labute approximate surface area is 190 Å². The molecule has 0 spiro atoms. The SMILES string of the molecule is CN1CCN(C(Cn2nc(-c3ccccc3)cc2-c2ccccc2)c2ccccc2)CC1. The third kappa shape index (κ3) is 4.52. The molecule has 4 nitrogen and oxygen atoms in total. The molecule has 1 aliphatic rings. The minimum Gasteiger partial charge on any atom is -0.304 e. The molecule has 1 saturated heterocycles. The predicted octanol–water partition coefficient (Wildman–Crippen LogP) is 5.21. The Balaban J connectivity index is 1.54. The maximum atomic E-state index is 5.11. The summed E-state index contributed by atoms with van der Waals surface area (Å²) in [5.74, 6) is 0. The monoisotopic (exact) mass is 422 g/mol. The van der Waals surface area contributed by atoms with Gasteiger partial charge in [0.15, 0.2) is 0 Å². The molecule has 1 unspecified atom stereocenters. The van der Waals surface area contributed by atoms with Gasteiger partial charge in [-0.1, -0.05) is 91.0 Å². The normalized spacial score (nSPS) is 16.2. The Hall–Kier alpha value is -3.21. The first-order valence-corrected chi connectivity index (χ1v) is 11.4. The summed E-state index contributed by atoms with van der Waals surface area (Å²) < 4.78 is 2.22. The van der Waals surface area contributed by atoms with Gasteiger partial charge in [-0.05, 0) is 24.2 Å². The molecule has 5 rings (SSSR count). The van der Waals surface area contributed by atoms with E-state index in [1.807, 2.05) is 0 Å². The summed E-state index contributed by atoms with van der Waals surface area (Å²) in [4.78, 5) is 5.03. The average molecular weight is 423 g/mol. The van der Waals surface area contributed by atoms with Crippen molar-refractivity contribution < 1.29 is 0 Å². The lowest BCUT2D eigenvalue weighted by Crippen LogP contribution is -2.46. The van der Waals surface area contributed by atoms with Gasteiger partial charge in [-0.2, -0.15) is 5.10 Å². The number of rotatable bonds is 6. The van der Waals surface area contributed by atoms with Crippen LogP contribution in [-0.4, -0.2) is 52.8 Å². The van der Waals surface area contributed by atoms with Crippen LogP contribution in [0.5, 0.6) is 0 Å². The zero-order chi connectivity index (χ0) is 21.8. The molecule has 3 aromatic carbocycles. The van der Waals surface area contributed by atoms with Crippen molar-refractivity contribution in [2.24, 2.45) is 0 Å². The molecule has 0 amide bonds. The van der Waals surface area contributed by atoms with Crippen molar-refractivity contribution in [3.63, 3.8) is 0 Å². The minimum atomic E-state index is 0.288. The van der Waals surface area contributed by atoms with Gasteiger partial charge in [0.2, 0.25) is 0 Å². The highest BCUT2D eigenvalue weighted by molar-refractivity contribution is 5.68. The van der Waals surface area contributed by atoms with E-state index >= 15 is 0 Å². The molecule has 1 aromatic heterocycles. The fraction of sp³-hybridized carbons (Fsp3) is 0.250. The van der Waals surface area contributed by atoms with Crippen molar-refractivity contribution in [1.29, 1.82) is 0 Å². The second-order valence-corrected chi connectivity index (χ2v) is 8.59. The van der Waals surface area contributed by atoms with Gasteiger partial charge in [-0.25, -0.2) is 0 Å². The van der Waals surface area contributed by atoms with E-state index in [1.54, 1.807) is 0 Å². The van der Waals surface area contributed by atoms with E-state index in [4.69, 9.17) is 5.10 Å². The molecule has 0 radical (unpaired) electrons. The Morgan fingerprint density at radius 2 is 1.28 bits per heavy atom. The summed E-state index contributed by atoms with van der Waals surface area (Å²) in [5.41, 5.74) is 5.90. The lowest BCUT2D eigenvalue weighted by atomic mass is 10.0. The van der Waals surface area contributed by atoms with Gasteiger partial charge < -0.3 is 4.90 Å². The fourth-order valence-corrected chi connectivity index (χ4v) is 4.55. The molecule has 0 saturated carbocycles. The summed E-state index contributed by atoms with van der Waals surface area (Å²) >= 11 is 0. The van der Waals surface area contributed by atoms with E-state index < -0.39 is 0 Å². The van der Waals surface area contributed by atoms with Crippen LogP contribution in [-0.2, 0) is 6.54 Å². The van der Waals surface area contributed by atoms with E-state index in [9.17, 15) is 0 Å². The van der Waals surface area contributed by atoms with Crippen LogP contribution in [0.1, 0.15) is 11.6 Å². The lowest BCUT2D eigenvalue weighted by molar-refractivity contribution is 0.100. The molecule has 4 heteroatoms. The van der Waals surface area contributed by atoms with Crippen LogP contribution >= 0.6 is 0 Å². The summed E-state index contributed by atoms with van der Waals surface area (Å²) in [5, 5.41) is 5.11. The third-order valence-corrected chi connectivity index (χ3v) is 6.43. The maximum Gasteiger partial charge on any atom is 0.0929 e. The van der Waals surface area contributed by atoms with Gasteiger partial charge in [-0.3, -0.25) is 9.58 Å². The zero-order valence-corrected chi connectivity index (χ0v) is 18.6.